The van der Waals surface area contributed by atoms with Crippen LogP contribution in [0.25, 0.3) is 0 Å². The van der Waals surface area contributed by atoms with Gasteiger partial charge in [0.2, 0.25) is 0 Å². The third-order valence-electron chi connectivity index (χ3n) is 2.24. The first kappa shape index (κ1) is 14.0. The van der Waals surface area contributed by atoms with Crippen molar-refractivity contribution in [2.75, 3.05) is 13.6 Å². The predicted molar refractivity (Wildman–Crippen MR) is 77.9 cm³/mol. The van der Waals surface area contributed by atoms with Crippen molar-refractivity contribution < 1.29 is 0 Å². The van der Waals surface area contributed by atoms with Gasteiger partial charge in [-0.3, -0.25) is 0 Å². The van der Waals surface area contributed by atoms with E-state index in [1.54, 1.807) is 0 Å². The van der Waals surface area contributed by atoms with Crippen molar-refractivity contribution >= 4 is 18.2 Å². The molecule has 0 atom stereocenters. The highest BCUT2D eigenvalue weighted by atomic mass is 32.2. The molecule has 0 bridgehead atoms. The largest absolute Gasteiger partial charge is 0.319 e. The van der Waals surface area contributed by atoms with Gasteiger partial charge in [-0.25, -0.2) is 4.40 Å². The maximum absolute atomic E-state index is 4.35. The van der Waals surface area contributed by atoms with Crippen LogP contribution >= 0.6 is 11.9 Å². The quantitative estimate of drug-likeness (QED) is 0.615. The van der Waals surface area contributed by atoms with E-state index in [-0.39, 0.29) is 0 Å². The van der Waals surface area contributed by atoms with Crippen LogP contribution in [0.15, 0.2) is 45.2 Å². The summed E-state index contributed by atoms with van der Waals surface area (Å²) >= 11 is 1.54. The number of hydrogen-bond donors (Lipinski definition) is 1. The summed E-state index contributed by atoms with van der Waals surface area (Å²) in [5, 5.41) is 3.17. The standard InChI is InChI=1S/C14H20N2S/c1-12(2)8-11-16-17-14-7-5-4-6-13(14)9-10-15-3/h4-8,11,15H,9-10H2,1-3H3. The van der Waals surface area contributed by atoms with Crippen molar-refractivity contribution in [2.45, 2.75) is 25.2 Å². The fourth-order valence-electron chi connectivity index (χ4n) is 1.33. The molecule has 0 unspecified atom stereocenters. The Balaban J connectivity index is 2.63. The van der Waals surface area contributed by atoms with Gasteiger partial charge in [-0.2, -0.15) is 0 Å². The number of nitrogens with zero attached hydrogens (tertiary/aromatic N) is 1. The van der Waals surface area contributed by atoms with Gasteiger partial charge in [-0.15, -0.1) is 0 Å². The Labute approximate surface area is 108 Å². The SMILES string of the molecule is CNCCc1ccccc1SN=CC=C(C)C. The van der Waals surface area contributed by atoms with Gasteiger partial charge in [0.1, 0.15) is 0 Å². The zero-order valence-electron chi connectivity index (χ0n) is 10.7. The van der Waals surface area contributed by atoms with Crippen LogP contribution < -0.4 is 5.32 Å². The summed E-state index contributed by atoms with van der Waals surface area (Å²) in [6.45, 7) is 5.13. The normalized spacial score (nSPS) is 10.8. The van der Waals surface area contributed by atoms with E-state index in [0.717, 1.165) is 13.0 Å². The summed E-state index contributed by atoms with van der Waals surface area (Å²) in [7, 11) is 1.97. The molecule has 0 aliphatic rings. The molecule has 3 heteroatoms. The minimum Gasteiger partial charge on any atom is -0.319 e. The van der Waals surface area contributed by atoms with Crippen LogP contribution in [0, 0.1) is 0 Å². The Morgan fingerprint density at radius 3 is 2.82 bits per heavy atom. The third kappa shape index (κ3) is 5.71. The summed E-state index contributed by atoms with van der Waals surface area (Å²) in [6, 6.07) is 8.42. The monoisotopic (exact) mass is 248 g/mol. The lowest BCUT2D eigenvalue weighted by molar-refractivity contribution is 0.783. The van der Waals surface area contributed by atoms with E-state index in [2.05, 4.69) is 47.8 Å². The number of likely N-dealkylation sites (N-methyl/N-ethyl adjacent to an activating group) is 1. The topological polar surface area (TPSA) is 24.4 Å². The molecule has 0 spiro atoms. The Hall–Kier alpha value is -1.06. The van der Waals surface area contributed by atoms with E-state index in [4.69, 9.17) is 0 Å². The van der Waals surface area contributed by atoms with E-state index in [1.807, 2.05) is 19.3 Å². The molecule has 0 fully saturated rings. The van der Waals surface area contributed by atoms with Gasteiger partial charge in [0, 0.05) is 23.1 Å². The van der Waals surface area contributed by atoms with E-state index >= 15 is 0 Å². The fourth-order valence-corrected chi connectivity index (χ4v) is 1.99. The molecule has 0 aliphatic heterocycles. The summed E-state index contributed by atoms with van der Waals surface area (Å²) in [4.78, 5) is 1.24. The van der Waals surface area contributed by atoms with Gasteiger partial charge in [-0.1, -0.05) is 23.8 Å². The molecule has 0 saturated heterocycles. The van der Waals surface area contributed by atoms with Crippen LogP contribution in [0.2, 0.25) is 0 Å². The smallest absolute Gasteiger partial charge is 0.0354 e. The highest BCUT2D eigenvalue weighted by molar-refractivity contribution is 7.98. The average molecular weight is 248 g/mol. The van der Waals surface area contributed by atoms with Crippen LogP contribution in [-0.2, 0) is 6.42 Å². The molecule has 1 N–H and O–H groups in total. The molecular weight excluding hydrogens is 228 g/mol. The van der Waals surface area contributed by atoms with E-state index in [9.17, 15) is 0 Å². The van der Waals surface area contributed by atoms with Gasteiger partial charge in [0.25, 0.3) is 0 Å². The van der Waals surface area contributed by atoms with E-state index in [1.165, 1.54) is 28.0 Å². The van der Waals surface area contributed by atoms with Crippen molar-refractivity contribution in [3.8, 4) is 0 Å². The minimum absolute atomic E-state index is 0.995. The Bertz CT molecular complexity index is 393. The second-order valence-corrected chi connectivity index (χ2v) is 4.88. The van der Waals surface area contributed by atoms with E-state index in [0.29, 0.717) is 0 Å². The first-order chi connectivity index (χ1) is 8.24. The van der Waals surface area contributed by atoms with Crippen molar-refractivity contribution in [3.05, 3.63) is 41.5 Å². The summed E-state index contributed by atoms with van der Waals surface area (Å²) in [6.07, 6.45) is 4.91. The molecule has 92 valence electrons. The molecule has 0 saturated carbocycles. The molecule has 0 heterocycles. The zero-order valence-corrected chi connectivity index (χ0v) is 11.6. The lowest BCUT2D eigenvalue weighted by Gasteiger charge is -2.05. The van der Waals surface area contributed by atoms with Crippen LogP contribution in [-0.4, -0.2) is 19.8 Å². The maximum atomic E-state index is 4.35. The van der Waals surface area contributed by atoms with Gasteiger partial charge < -0.3 is 5.32 Å². The molecule has 1 aromatic rings. The first-order valence-electron chi connectivity index (χ1n) is 5.80. The lowest BCUT2D eigenvalue weighted by atomic mass is 10.1. The van der Waals surface area contributed by atoms with Gasteiger partial charge in [-0.05, 0) is 51.6 Å². The molecular formula is C14H20N2S. The zero-order chi connectivity index (χ0) is 12.5. The Morgan fingerprint density at radius 1 is 1.35 bits per heavy atom. The van der Waals surface area contributed by atoms with Crippen molar-refractivity contribution in [1.29, 1.82) is 0 Å². The van der Waals surface area contributed by atoms with Crippen LogP contribution in [0.1, 0.15) is 19.4 Å². The minimum atomic E-state index is 0.995. The second kappa shape index (κ2) is 8.09. The van der Waals surface area contributed by atoms with Gasteiger partial charge >= 0.3 is 0 Å². The molecule has 0 aliphatic carbocycles. The van der Waals surface area contributed by atoms with Crippen molar-refractivity contribution in [2.24, 2.45) is 4.40 Å². The number of hydrogen-bond acceptors (Lipinski definition) is 3. The molecule has 1 rings (SSSR count). The lowest BCUT2D eigenvalue weighted by Crippen LogP contribution is -2.10. The predicted octanol–water partition coefficient (Wildman–Crippen LogP) is 3.49. The van der Waals surface area contributed by atoms with Crippen LogP contribution in [0.3, 0.4) is 0 Å². The number of nitrogens with one attached hydrogen (secondary N) is 1. The molecule has 0 radical (unpaired) electrons. The van der Waals surface area contributed by atoms with Crippen LogP contribution in [0.4, 0.5) is 0 Å². The van der Waals surface area contributed by atoms with Gasteiger partial charge in [0.05, 0.1) is 0 Å². The Kier molecular flexibility index (Phi) is 6.67. The highest BCUT2D eigenvalue weighted by Gasteiger charge is 2.00. The third-order valence-corrected chi connectivity index (χ3v) is 3.06. The summed E-state index contributed by atoms with van der Waals surface area (Å²) in [5.41, 5.74) is 2.61. The number of benzene rings is 1. The highest BCUT2D eigenvalue weighted by Crippen LogP contribution is 2.23. The van der Waals surface area contributed by atoms with Gasteiger partial charge in [0.15, 0.2) is 0 Å². The maximum Gasteiger partial charge on any atom is 0.0354 e. The fraction of sp³-hybridized carbons (Fsp3) is 0.357. The first-order valence-corrected chi connectivity index (χ1v) is 6.57. The molecule has 1 aromatic carbocycles. The summed E-state index contributed by atoms with van der Waals surface area (Å²) in [5.74, 6) is 0. The van der Waals surface area contributed by atoms with E-state index < -0.39 is 0 Å². The molecule has 0 amide bonds. The van der Waals surface area contributed by atoms with Crippen LogP contribution in [0.5, 0.6) is 0 Å². The molecule has 0 aromatic heterocycles. The summed E-state index contributed by atoms with van der Waals surface area (Å²) < 4.78 is 4.35. The van der Waals surface area contributed by atoms with Crippen molar-refractivity contribution in [3.63, 3.8) is 0 Å². The average Bonchev–Trinajstić information content (AvgIpc) is 2.33. The second-order valence-electron chi connectivity index (χ2n) is 4.05. The molecule has 17 heavy (non-hydrogen) atoms. The number of rotatable bonds is 6. The Morgan fingerprint density at radius 2 is 2.12 bits per heavy atom. The van der Waals surface area contributed by atoms with Crippen molar-refractivity contribution in [1.82, 2.24) is 5.32 Å². The number of allylic oxidation sites excluding steroid dienone is 2. The molecule has 2 nitrogen and oxygen atoms in total.